The van der Waals surface area contributed by atoms with Gasteiger partial charge in [-0.05, 0) is 17.7 Å². The van der Waals surface area contributed by atoms with E-state index in [0.29, 0.717) is 5.56 Å². The second kappa shape index (κ2) is 11.7. The van der Waals surface area contributed by atoms with E-state index in [1.54, 1.807) is 0 Å². The molecule has 0 saturated carbocycles. The number of hydrogen-bond acceptors (Lipinski definition) is 7. The number of aryl methyl sites for hydroxylation is 1. The smallest absolute Gasteiger partial charge is 0.425 e. The minimum atomic E-state index is -4.95. The van der Waals surface area contributed by atoms with Gasteiger partial charge >= 0.3 is 18.1 Å². The average molecular weight is 584 g/mol. The minimum absolute atomic E-state index is 0.00283. The molecule has 0 aliphatic heterocycles. The van der Waals surface area contributed by atoms with Crippen LogP contribution in [-0.2, 0) is 30.8 Å². The zero-order valence-corrected chi connectivity index (χ0v) is 21.8. The second-order valence-corrected chi connectivity index (χ2v) is 9.00. The summed E-state index contributed by atoms with van der Waals surface area (Å²) < 4.78 is 83.8. The Bertz CT molecular complexity index is 1640. The second-order valence-electron chi connectivity index (χ2n) is 9.00. The van der Waals surface area contributed by atoms with Crippen LogP contribution in [0, 0.1) is 0 Å². The van der Waals surface area contributed by atoms with E-state index in [-0.39, 0.29) is 61.4 Å². The molecule has 2 aromatic heterocycles. The van der Waals surface area contributed by atoms with Crippen molar-refractivity contribution >= 4 is 11.2 Å². The lowest BCUT2D eigenvalue weighted by atomic mass is 10.1. The van der Waals surface area contributed by atoms with Crippen molar-refractivity contribution in [2.75, 3.05) is 19.8 Å². The summed E-state index contributed by atoms with van der Waals surface area (Å²) in [5, 5.41) is 8.90. The molecule has 0 fully saturated rings. The molecule has 220 valence electrons. The van der Waals surface area contributed by atoms with E-state index in [1.165, 1.54) is 48.0 Å². The first kappa shape index (κ1) is 29.7. The normalized spacial score (nSPS) is 12.2. The van der Waals surface area contributed by atoms with Crippen LogP contribution in [0.5, 0.6) is 17.5 Å². The molecule has 15 heteroatoms. The van der Waals surface area contributed by atoms with Gasteiger partial charge < -0.3 is 19.3 Å². The zero-order valence-electron chi connectivity index (χ0n) is 21.8. The van der Waals surface area contributed by atoms with E-state index >= 15 is 0 Å². The van der Waals surface area contributed by atoms with Crippen LogP contribution in [0.2, 0.25) is 0 Å². The number of aromatic nitrogens is 4. The van der Waals surface area contributed by atoms with Crippen molar-refractivity contribution in [2.45, 2.75) is 32.3 Å². The monoisotopic (exact) mass is 584 g/mol. The highest BCUT2D eigenvalue weighted by atomic mass is 19.4. The number of aliphatic hydroxyl groups is 1. The molecule has 0 atom stereocenters. The Hall–Kier alpha value is -4.24. The van der Waals surface area contributed by atoms with E-state index in [4.69, 9.17) is 14.6 Å². The van der Waals surface area contributed by atoms with Crippen LogP contribution >= 0.6 is 0 Å². The van der Waals surface area contributed by atoms with Crippen LogP contribution in [0.3, 0.4) is 0 Å². The highest BCUT2D eigenvalue weighted by molar-refractivity contribution is 5.72. The number of alkyl halides is 5. The molecule has 0 aliphatic rings. The molecule has 0 bridgehead atoms. The molecule has 4 rings (SSSR count). The van der Waals surface area contributed by atoms with Crippen LogP contribution in [0.25, 0.3) is 11.2 Å². The van der Waals surface area contributed by atoms with Crippen molar-refractivity contribution in [2.24, 2.45) is 7.05 Å². The topological polar surface area (TPSA) is 110 Å². The minimum Gasteiger partial charge on any atom is -0.425 e. The number of fused-ring (bicyclic) bond motifs is 1. The first-order valence-corrected chi connectivity index (χ1v) is 12.2. The number of imidazole rings is 1. The predicted octanol–water partition coefficient (Wildman–Crippen LogP) is 3.76. The van der Waals surface area contributed by atoms with Crippen LogP contribution < -0.4 is 20.7 Å². The SMILES string of the molecule is Cn1c(=O)n(CCOCCO)c(=O)c2c1nc(Oc1cccc(OC(F)(F)F)c1)n2Cc1ccc(C(C)(F)F)cc1. The van der Waals surface area contributed by atoms with Gasteiger partial charge in [0.05, 0.1) is 32.9 Å². The summed E-state index contributed by atoms with van der Waals surface area (Å²) in [5.74, 6) is -3.76. The third-order valence-electron chi connectivity index (χ3n) is 5.94. The maximum absolute atomic E-state index is 13.7. The maximum atomic E-state index is 13.7. The number of benzene rings is 2. The lowest BCUT2D eigenvalue weighted by molar-refractivity contribution is -0.274. The Morgan fingerprint density at radius 3 is 2.27 bits per heavy atom. The number of hydrogen-bond donors (Lipinski definition) is 1. The van der Waals surface area contributed by atoms with Crippen molar-refractivity contribution in [3.8, 4) is 17.5 Å². The molecule has 2 aromatic carbocycles. The van der Waals surface area contributed by atoms with E-state index in [2.05, 4.69) is 9.72 Å². The van der Waals surface area contributed by atoms with E-state index in [1.807, 2.05) is 0 Å². The largest absolute Gasteiger partial charge is 0.573 e. The number of halogens is 5. The quantitative estimate of drug-likeness (QED) is 0.211. The van der Waals surface area contributed by atoms with Crippen molar-refractivity contribution < 1.29 is 41.3 Å². The molecule has 1 N–H and O–H groups in total. The molecule has 4 aromatic rings. The molecule has 2 heterocycles. The number of nitrogens with zero attached hydrogens (tertiary/aromatic N) is 4. The summed E-state index contributed by atoms with van der Waals surface area (Å²) in [6.45, 7) is 0.154. The van der Waals surface area contributed by atoms with Crippen molar-refractivity contribution in [3.63, 3.8) is 0 Å². The summed E-state index contributed by atoms with van der Waals surface area (Å²) in [5.41, 5.74) is -1.42. The van der Waals surface area contributed by atoms with Gasteiger partial charge in [-0.2, -0.15) is 4.98 Å². The molecule has 41 heavy (non-hydrogen) atoms. The van der Waals surface area contributed by atoms with Gasteiger partial charge in [0.2, 0.25) is 0 Å². The Morgan fingerprint density at radius 1 is 0.951 bits per heavy atom. The number of ether oxygens (including phenoxy) is 3. The van der Waals surface area contributed by atoms with Gasteiger partial charge in [-0.15, -0.1) is 13.2 Å². The molecule has 0 spiro atoms. The Labute approximate surface area is 228 Å². The highest BCUT2D eigenvalue weighted by Gasteiger charge is 2.31. The van der Waals surface area contributed by atoms with Gasteiger partial charge in [0.1, 0.15) is 11.5 Å². The molecule has 0 saturated heterocycles. The zero-order chi connectivity index (χ0) is 29.9. The van der Waals surface area contributed by atoms with E-state index in [0.717, 1.165) is 28.2 Å². The average Bonchev–Trinajstić information content (AvgIpc) is 3.23. The molecule has 0 aliphatic carbocycles. The third-order valence-corrected chi connectivity index (χ3v) is 5.94. The summed E-state index contributed by atoms with van der Waals surface area (Å²) >= 11 is 0. The van der Waals surface area contributed by atoms with Crippen LogP contribution in [0.4, 0.5) is 22.0 Å². The van der Waals surface area contributed by atoms with Crippen molar-refractivity contribution in [1.29, 1.82) is 0 Å². The number of aliphatic hydroxyl groups excluding tert-OH is 1. The lowest BCUT2D eigenvalue weighted by Crippen LogP contribution is -2.40. The standard InChI is InChI=1S/C26H25F5N4O6/c1-25(27,28)17-8-6-16(7-9-17)15-35-20-21(33(2)24(38)34(22(20)37)10-12-39-13-11-36)32-23(35)40-18-4-3-5-19(14-18)41-26(29,30)31/h3-9,14,36H,10-13,15H2,1-2H3. The fourth-order valence-corrected chi connectivity index (χ4v) is 4.02. The Kier molecular flexibility index (Phi) is 8.49. The van der Waals surface area contributed by atoms with Gasteiger partial charge in [-0.3, -0.25) is 18.5 Å². The maximum Gasteiger partial charge on any atom is 0.573 e. The van der Waals surface area contributed by atoms with Gasteiger partial charge in [0.15, 0.2) is 11.2 Å². The van der Waals surface area contributed by atoms with E-state index in [9.17, 15) is 31.5 Å². The highest BCUT2D eigenvalue weighted by Crippen LogP contribution is 2.31. The predicted molar refractivity (Wildman–Crippen MR) is 135 cm³/mol. The number of rotatable bonds is 11. The van der Waals surface area contributed by atoms with Crippen molar-refractivity contribution in [3.05, 3.63) is 80.5 Å². The van der Waals surface area contributed by atoms with Crippen LogP contribution in [0.1, 0.15) is 18.1 Å². The molecule has 0 unspecified atom stereocenters. The van der Waals surface area contributed by atoms with Gasteiger partial charge in [-0.25, -0.2) is 13.6 Å². The molecular weight excluding hydrogens is 559 g/mol. The van der Waals surface area contributed by atoms with Crippen molar-refractivity contribution in [1.82, 2.24) is 18.7 Å². The lowest BCUT2D eigenvalue weighted by Gasteiger charge is -2.14. The summed E-state index contributed by atoms with van der Waals surface area (Å²) in [6.07, 6.45) is -4.95. The molecule has 0 amide bonds. The molecule has 0 radical (unpaired) electrons. The first-order chi connectivity index (χ1) is 19.3. The molecular formula is C26H25F5N4O6. The Morgan fingerprint density at radius 2 is 1.63 bits per heavy atom. The van der Waals surface area contributed by atoms with Crippen LogP contribution in [-0.4, -0.2) is 50.0 Å². The summed E-state index contributed by atoms with van der Waals surface area (Å²) in [4.78, 5) is 30.8. The van der Waals surface area contributed by atoms with E-state index < -0.39 is 29.3 Å². The van der Waals surface area contributed by atoms with Gasteiger partial charge in [0, 0.05) is 25.6 Å². The molecule has 10 nitrogen and oxygen atoms in total. The van der Waals surface area contributed by atoms with Gasteiger partial charge in [0.25, 0.3) is 11.5 Å². The first-order valence-electron chi connectivity index (χ1n) is 12.2. The summed E-state index contributed by atoms with van der Waals surface area (Å²) in [6, 6.07) is 9.64. The summed E-state index contributed by atoms with van der Waals surface area (Å²) in [7, 11) is 1.37. The van der Waals surface area contributed by atoms with Crippen LogP contribution in [0.15, 0.2) is 58.1 Å². The van der Waals surface area contributed by atoms with Gasteiger partial charge in [-0.1, -0.05) is 30.3 Å². The fourth-order valence-electron chi connectivity index (χ4n) is 4.02. The third kappa shape index (κ3) is 6.92. The fraction of sp³-hybridized carbons (Fsp3) is 0.346. The Balaban J connectivity index is 1.83.